The number of carbonyl (C=O) groups excluding carboxylic acids is 2. The second kappa shape index (κ2) is 11.4. The summed E-state index contributed by atoms with van der Waals surface area (Å²) in [6, 6.07) is 14.0. The van der Waals surface area contributed by atoms with Crippen molar-refractivity contribution >= 4 is 23.0 Å². The van der Waals surface area contributed by atoms with Crippen LogP contribution in [-0.2, 0) is 22.4 Å². The number of aryl methyl sites for hydroxylation is 2. The van der Waals surface area contributed by atoms with E-state index in [0.29, 0.717) is 11.1 Å². The molecule has 2 aromatic carbocycles. The van der Waals surface area contributed by atoms with Gasteiger partial charge in [0, 0.05) is 17.5 Å². The molecule has 1 spiro atoms. The van der Waals surface area contributed by atoms with Gasteiger partial charge in [0.2, 0.25) is 5.55 Å². The van der Waals surface area contributed by atoms with Crippen LogP contribution >= 0.6 is 0 Å². The van der Waals surface area contributed by atoms with E-state index in [1.807, 2.05) is 18.2 Å². The van der Waals surface area contributed by atoms with E-state index in [-0.39, 0.29) is 11.2 Å². The van der Waals surface area contributed by atoms with Gasteiger partial charge >= 0.3 is 6.09 Å². The molecule has 2 N–H and O–H groups in total. The number of alkyl carbamates (subject to hydrolysis) is 1. The number of carbonyl (C=O) groups is 2. The molecule has 1 aromatic heterocycles. The molecule has 40 heavy (non-hydrogen) atoms. The SMILES string of the molecule is CCc1c/c(=N\NC(=O)C(NC(=O)OC(C)(C)C)c2ccccc2)oc2cc3c(cc12)CCC1(CCCCC1)O3. The smallest absolute Gasteiger partial charge is 0.408 e. The molecular formula is C32H39N3O5. The fraction of sp³-hybridized carbons (Fsp3) is 0.469. The second-order valence-electron chi connectivity index (χ2n) is 11.8. The van der Waals surface area contributed by atoms with Gasteiger partial charge in [-0.1, -0.05) is 43.7 Å². The molecule has 3 aromatic rings. The third-order valence-electron chi connectivity index (χ3n) is 7.68. The summed E-state index contributed by atoms with van der Waals surface area (Å²) in [5.74, 6) is 0.372. The lowest BCUT2D eigenvalue weighted by Crippen LogP contribution is -2.41. The van der Waals surface area contributed by atoms with Crippen molar-refractivity contribution in [2.24, 2.45) is 5.10 Å². The first kappa shape index (κ1) is 27.7. The molecular weight excluding hydrogens is 506 g/mol. The summed E-state index contributed by atoms with van der Waals surface area (Å²) in [6.07, 6.45) is 8.05. The standard InChI is InChI=1S/C32H39N3O5/c1-5-21-19-27(34-35-29(36)28(22-12-8-6-9-13-22)33-30(37)40-31(2,3)4)38-26-20-25-23(18-24(21)26)14-17-32(39-25)15-10-7-11-16-32/h6,8-9,12-13,18-20,28H,5,7,10-11,14-17H2,1-4H3,(H,33,37)(H,35,36)/b34-27+. The van der Waals surface area contributed by atoms with Crippen LogP contribution in [0.3, 0.4) is 0 Å². The molecule has 1 atom stereocenters. The number of amides is 2. The van der Waals surface area contributed by atoms with Gasteiger partial charge in [0.05, 0.1) is 0 Å². The highest BCUT2D eigenvalue weighted by Crippen LogP contribution is 2.43. The second-order valence-corrected chi connectivity index (χ2v) is 11.8. The van der Waals surface area contributed by atoms with E-state index in [0.717, 1.165) is 48.8 Å². The van der Waals surface area contributed by atoms with E-state index in [4.69, 9.17) is 13.9 Å². The van der Waals surface area contributed by atoms with Gasteiger partial charge < -0.3 is 19.2 Å². The largest absolute Gasteiger partial charge is 0.487 e. The first-order valence-electron chi connectivity index (χ1n) is 14.3. The minimum atomic E-state index is -1.00. The summed E-state index contributed by atoms with van der Waals surface area (Å²) in [6.45, 7) is 7.38. The Kier molecular flexibility index (Phi) is 7.88. The number of benzene rings is 2. The highest BCUT2D eigenvalue weighted by Gasteiger charge is 2.37. The fourth-order valence-electron chi connectivity index (χ4n) is 5.69. The molecule has 1 aliphatic carbocycles. The van der Waals surface area contributed by atoms with Gasteiger partial charge in [-0.2, -0.15) is 0 Å². The zero-order chi connectivity index (χ0) is 28.3. The van der Waals surface area contributed by atoms with Crippen LogP contribution in [0.1, 0.15) is 89.0 Å². The number of rotatable bonds is 5. The van der Waals surface area contributed by atoms with Crippen LogP contribution in [0, 0.1) is 0 Å². The van der Waals surface area contributed by atoms with Crippen molar-refractivity contribution in [3.8, 4) is 5.75 Å². The fourth-order valence-corrected chi connectivity index (χ4v) is 5.69. The number of hydrogen-bond donors (Lipinski definition) is 2. The Labute approximate surface area is 235 Å². The lowest BCUT2D eigenvalue weighted by atomic mass is 9.79. The topological polar surface area (TPSA) is 102 Å². The maximum absolute atomic E-state index is 13.3. The first-order chi connectivity index (χ1) is 19.1. The molecule has 2 aliphatic rings. The summed E-state index contributed by atoms with van der Waals surface area (Å²) in [4.78, 5) is 25.8. The van der Waals surface area contributed by atoms with Crippen molar-refractivity contribution in [1.29, 1.82) is 0 Å². The third kappa shape index (κ3) is 6.32. The molecule has 0 saturated heterocycles. The molecule has 0 bridgehead atoms. The molecule has 2 heterocycles. The van der Waals surface area contributed by atoms with Crippen LogP contribution in [0.15, 0.2) is 58.0 Å². The van der Waals surface area contributed by atoms with Crippen LogP contribution in [-0.4, -0.2) is 23.2 Å². The zero-order valence-electron chi connectivity index (χ0n) is 23.8. The van der Waals surface area contributed by atoms with Crippen molar-refractivity contribution in [2.45, 2.75) is 96.3 Å². The molecule has 1 unspecified atom stereocenters. The Bertz CT molecular complexity index is 1450. The molecule has 8 nitrogen and oxygen atoms in total. The van der Waals surface area contributed by atoms with Crippen LogP contribution in [0.5, 0.6) is 5.75 Å². The Morgan fingerprint density at radius 3 is 2.50 bits per heavy atom. The Balaban J connectivity index is 1.42. The predicted molar refractivity (Wildman–Crippen MR) is 153 cm³/mol. The van der Waals surface area contributed by atoms with Gasteiger partial charge in [0.1, 0.15) is 28.6 Å². The third-order valence-corrected chi connectivity index (χ3v) is 7.68. The van der Waals surface area contributed by atoms with Crippen LogP contribution in [0.25, 0.3) is 11.0 Å². The monoisotopic (exact) mass is 545 g/mol. The first-order valence-corrected chi connectivity index (χ1v) is 14.3. The van der Waals surface area contributed by atoms with Gasteiger partial charge in [-0.25, -0.2) is 10.2 Å². The maximum Gasteiger partial charge on any atom is 0.408 e. The quantitative estimate of drug-likeness (QED) is 0.371. The van der Waals surface area contributed by atoms with E-state index in [1.165, 1.54) is 24.8 Å². The normalized spacial score (nSPS) is 17.6. The average molecular weight is 546 g/mol. The van der Waals surface area contributed by atoms with Crippen molar-refractivity contribution in [3.05, 3.63) is 70.8 Å². The van der Waals surface area contributed by atoms with Crippen LogP contribution in [0.4, 0.5) is 4.79 Å². The summed E-state index contributed by atoms with van der Waals surface area (Å²) < 4.78 is 18.2. The van der Waals surface area contributed by atoms with Crippen molar-refractivity contribution in [1.82, 2.24) is 10.7 Å². The zero-order valence-corrected chi connectivity index (χ0v) is 23.8. The number of nitrogens with zero attached hydrogens (tertiary/aromatic N) is 1. The molecule has 8 heteroatoms. The van der Waals surface area contributed by atoms with E-state index >= 15 is 0 Å². The van der Waals surface area contributed by atoms with Gasteiger partial charge in [0.15, 0.2) is 0 Å². The van der Waals surface area contributed by atoms with Gasteiger partial charge in [-0.05, 0) is 88.5 Å². The lowest BCUT2D eigenvalue weighted by Gasteiger charge is -2.41. The molecule has 1 fully saturated rings. The minimum Gasteiger partial charge on any atom is -0.487 e. The molecule has 2 amide bonds. The molecule has 0 radical (unpaired) electrons. The van der Waals surface area contributed by atoms with Crippen LogP contribution in [0.2, 0.25) is 0 Å². The minimum absolute atomic E-state index is 0.0595. The summed E-state index contributed by atoms with van der Waals surface area (Å²) in [5.41, 5.74) is 5.65. The van der Waals surface area contributed by atoms with Gasteiger partial charge in [0.25, 0.3) is 5.91 Å². The molecule has 1 aliphatic heterocycles. The van der Waals surface area contributed by atoms with E-state index in [2.05, 4.69) is 28.8 Å². The maximum atomic E-state index is 13.3. The van der Waals surface area contributed by atoms with Crippen molar-refractivity contribution in [3.63, 3.8) is 0 Å². The Morgan fingerprint density at radius 2 is 1.80 bits per heavy atom. The summed E-state index contributed by atoms with van der Waals surface area (Å²) >= 11 is 0. The average Bonchev–Trinajstić information content (AvgIpc) is 2.93. The van der Waals surface area contributed by atoms with Crippen LogP contribution < -0.4 is 21.0 Å². The molecule has 212 valence electrons. The van der Waals surface area contributed by atoms with Crippen molar-refractivity contribution in [2.75, 3.05) is 0 Å². The van der Waals surface area contributed by atoms with E-state index < -0.39 is 23.6 Å². The van der Waals surface area contributed by atoms with Gasteiger partial charge in [-0.3, -0.25) is 4.79 Å². The summed E-state index contributed by atoms with van der Waals surface area (Å²) in [5, 5.41) is 7.98. The Hall–Kier alpha value is -3.81. The predicted octanol–water partition coefficient (Wildman–Crippen LogP) is 6.22. The highest BCUT2D eigenvalue weighted by molar-refractivity contribution is 5.87. The molecule has 1 saturated carbocycles. The number of nitrogens with one attached hydrogen (secondary N) is 2. The van der Waals surface area contributed by atoms with Gasteiger partial charge in [-0.15, -0.1) is 5.10 Å². The summed E-state index contributed by atoms with van der Waals surface area (Å²) in [7, 11) is 0. The number of fused-ring (bicyclic) bond motifs is 2. The van der Waals surface area contributed by atoms with E-state index in [9.17, 15) is 9.59 Å². The Morgan fingerprint density at radius 1 is 1.05 bits per heavy atom. The van der Waals surface area contributed by atoms with E-state index in [1.54, 1.807) is 45.0 Å². The number of ether oxygens (including phenoxy) is 2. The van der Waals surface area contributed by atoms with Crippen molar-refractivity contribution < 1.29 is 23.5 Å². The molecule has 5 rings (SSSR count). The highest BCUT2D eigenvalue weighted by atomic mass is 16.6. The lowest BCUT2D eigenvalue weighted by molar-refractivity contribution is -0.123. The number of hydrogen-bond acceptors (Lipinski definition) is 6.